The highest BCUT2D eigenvalue weighted by Crippen LogP contribution is 2.44. The van der Waals surface area contributed by atoms with Gasteiger partial charge in [0.05, 0.1) is 10.9 Å². The van der Waals surface area contributed by atoms with Crippen molar-refractivity contribution in [2.45, 2.75) is 51.4 Å². The quantitative estimate of drug-likeness (QED) is 0.593. The van der Waals surface area contributed by atoms with E-state index in [9.17, 15) is 23.5 Å². The number of pyridine rings is 1. The predicted molar refractivity (Wildman–Crippen MR) is 115 cm³/mol. The lowest BCUT2D eigenvalue weighted by atomic mass is 9.96. The zero-order valence-electron chi connectivity index (χ0n) is 17.6. The summed E-state index contributed by atoms with van der Waals surface area (Å²) in [5, 5.41) is 12.9. The van der Waals surface area contributed by atoms with Crippen LogP contribution in [0.1, 0.15) is 60.3 Å². The van der Waals surface area contributed by atoms with Crippen LogP contribution in [-0.2, 0) is 6.54 Å². The van der Waals surface area contributed by atoms with Gasteiger partial charge in [-0.05, 0) is 54.7 Å². The molecule has 6 nitrogen and oxygen atoms in total. The average molecular weight is 440 g/mol. The van der Waals surface area contributed by atoms with Crippen LogP contribution >= 0.6 is 0 Å². The van der Waals surface area contributed by atoms with Crippen LogP contribution in [0.2, 0.25) is 0 Å². The van der Waals surface area contributed by atoms with Crippen molar-refractivity contribution in [3.63, 3.8) is 0 Å². The van der Waals surface area contributed by atoms with Crippen LogP contribution < -0.4 is 15.5 Å². The molecule has 1 aromatic heterocycles. The van der Waals surface area contributed by atoms with Gasteiger partial charge in [-0.15, -0.1) is 0 Å². The smallest absolute Gasteiger partial charge is 0.395 e. The Bertz CT molecular complexity index is 1320. The van der Waals surface area contributed by atoms with E-state index >= 15 is 0 Å². The van der Waals surface area contributed by atoms with Crippen molar-refractivity contribution in [2.24, 2.45) is 0 Å². The van der Waals surface area contributed by atoms with Gasteiger partial charge in [0.25, 0.3) is 0 Å². The Morgan fingerprint density at radius 1 is 1.25 bits per heavy atom. The molecule has 0 radical (unpaired) electrons. The minimum absolute atomic E-state index is 0.0521. The van der Waals surface area contributed by atoms with Crippen LogP contribution in [0, 0.1) is 0 Å². The Kier molecular flexibility index (Phi) is 4.60. The van der Waals surface area contributed by atoms with Gasteiger partial charge in [-0.1, -0.05) is 12.1 Å². The highest BCUT2D eigenvalue weighted by Gasteiger charge is 2.32. The molecule has 5 rings (SSSR count). The van der Waals surface area contributed by atoms with Gasteiger partial charge in [-0.25, -0.2) is 4.79 Å². The minimum atomic E-state index is -3.49. The molecule has 2 aromatic carbocycles. The molecule has 2 heterocycles. The summed E-state index contributed by atoms with van der Waals surface area (Å²) in [5.74, 6) is -1.46. The van der Waals surface area contributed by atoms with Crippen LogP contribution in [0.15, 0.2) is 41.3 Å². The predicted octanol–water partition coefficient (Wildman–Crippen LogP) is 4.86. The number of benzene rings is 2. The van der Waals surface area contributed by atoms with E-state index in [-0.39, 0.29) is 34.3 Å². The van der Waals surface area contributed by atoms with Crippen LogP contribution in [-0.4, -0.2) is 21.8 Å². The third-order valence-corrected chi connectivity index (χ3v) is 6.12. The normalized spacial score (nSPS) is 18.1. The van der Waals surface area contributed by atoms with Gasteiger partial charge in [-0.3, -0.25) is 4.79 Å². The number of hydrogen-bond donors (Lipinski definition) is 2. The Morgan fingerprint density at radius 2 is 2.00 bits per heavy atom. The average Bonchev–Trinajstić information content (AvgIpc) is 3.50. The van der Waals surface area contributed by atoms with Crippen molar-refractivity contribution < 1.29 is 23.4 Å². The number of aromatic nitrogens is 1. The second-order valence-electron chi connectivity index (χ2n) is 8.58. The number of fused-ring (bicyclic) bond motifs is 2. The van der Waals surface area contributed by atoms with E-state index in [1.165, 1.54) is 12.3 Å². The topological polar surface area (TPSA) is 80.6 Å². The molecule has 8 heteroatoms. The molecule has 0 amide bonds. The summed E-state index contributed by atoms with van der Waals surface area (Å²) in [4.78, 5) is 24.5. The molecule has 1 aliphatic heterocycles. The molecule has 166 valence electrons. The van der Waals surface area contributed by atoms with Crippen molar-refractivity contribution in [1.82, 2.24) is 9.88 Å². The van der Waals surface area contributed by atoms with Crippen LogP contribution in [0.4, 0.5) is 8.78 Å². The Balaban J connectivity index is 1.82. The fourth-order valence-electron chi connectivity index (χ4n) is 4.44. The number of aromatic carboxylic acids is 1. The summed E-state index contributed by atoms with van der Waals surface area (Å²) in [6, 6.07) is 8.97. The minimum Gasteiger partial charge on any atom is -0.477 e. The number of ether oxygens (including phenoxy) is 1. The molecular formula is C24H22F2N2O4. The molecule has 1 aliphatic carbocycles. The lowest BCUT2D eigenvalue weighted by Gasteiger charge is -2.22. The zero-order chi connectivity index (χ0) is 22.8. The first kappa shape index (κ1) is 20.6. The van der Waals surface area contributed by atoms with E-state index in [0.717, 1.165) is 24.0 Å². The van der Waals surface area contributed by atoms with Crippen molar-refractivity contribution in [3.05, 3.63) is 63.4 Å². The fourth-order valence-corrected chi connectivity index (χ4v) is 4.44. The number of nitrogens with one attached hydrogen (secondary N) is 1. The van der Waals surface area contributed by atoms with Crippen molar-refractivity contribution >= 4 is 16.9 Å². The summed E-state index contributed by atoms with van der Waals surface area (Å²) in [6.07, 6.45) is -0.702. The number of carboxylic acids is 1. The molecule has 0 saturated heterocycles. The van der Waals surface area contributed by atoms with E-state index in [1.54, 1.807) is 10.6 Å². The van der Waals surface area contributed by atoms with Crippen molar-refractivity contribution in [3.8, 4) is 16.9 Å². The molecule has 2 N–H and O–H groups in total. The molecule has 2 aliphatic rings. The van der Waals surface area contributed by atoms with E-state index in [0.29, 0.717) is 24.6 Å². The lowest BCUT2D eigenvalue weighted by Crippen LogP contribution is -2.23. The number of rotatable bonds is 5. The van der Waals surface area contributed by atoms with Gasteiger partial charge < -0.3 is 19.7 Å². The molecule has 3 aromatic rings. The molecule has 0 bridgehead atoms. The zero-order valence-corrected chi connectivity index (χ0v) is 17.6. The number of nitrogens with zero attached hydrogens (tertiary/aromatic N) is 1. The summed E-state index contributed by atoms with van der Waals surface area (Å²) in [6.45, 7) is 3.38. The first-order valence-corrected chi connectivity index (χ1v) is 10.5. The number of alkyl halides is 2. The van der Waals surface area contributed by atoms with Gasteiger partial charge in [0, 0.05) is 37.3 Å². The third kappa shape index (κ3) is 3.44. The largest absolute Gasteiger partial charge is 0.477 e. The number of halogens is 2. The van der Waals surface area contributed by atoms with E-state index in [2.05, 4.69) is 12.2 Å². The van der Waals surface area contributed by atoms with Crippen LogP contribution in [0.25, 0.3) is 22.0 Å². The summed E-state index contributed by atoms with van der Waals surface area (Å²) in [7, 11) is 0. The lowest BCUT2D eigenvalue weighted by molar-refractivity contribution is -0.158. The molecule has 0 spiro atoms. The van der Waals surface area contributed by atoms with E-state index in [1.807, 2.05) is 18.2 Å². The maximum atomic E-state index is 14.1. The molecule has 1 atom stereocenters. The van der Waals surface area contributed by atoms with Gasteiger partial charge in [0.2, 0.25) is 5.43 Å². The first-order valence-electron chi connectivity index (χ1n) is 10.5. The molecule has 32 heavy (non-hydrogen) atoms. The van der Waals surface area contributed by atoms with Gasteiger partial charge in [-0.2, -0.15) is 8.78 Å². The maximum absolute atomic E-state index is 14.1. The highest BCUT2D eigenvalue weighted by atomic mass is 19.3. The summed E-state index contributed by atoms with van der Waals surface area (Å²) in [5.41, 5.74) is 2.45. The number of hydrogen-bond acceptors (Lipinski definition) is 4. The van der Waals surface area contributed by atoms with E-state index < -0.39 is 17.5 Å². The molecule has 1 saturated carbocycles. The Hall–Kier alpha value is -3.26. The van der Waals surface area contributed by atoms with E-state index in [4.69, 9.17) is 4.74 Å². The van der Waals surface area contributed by atoms with Gasteiger partial charge in [0.1, 0.15) is 5.56 Å². The first-order chi connectivity index (χ1) is 15.1. The standard InChI is InChI=1S/C24H22F2N2O4/c1-12-16-6-3-13(9-14(16)10-27-12)17-7-8-18-20(22(17)32-24(2,25)26)28(15-4-5-15)11-19(21(18)29)23(30)31/h3,6-9,11-12,15,27H,4-5,10H2,1-2H3,(H,30,31)/t12-/m1/s1. The van der Waals surface area contributed by atoms with Crippen LogP contribution in [0.3, 0.4) is 0 Å². The van der Waals surface area contributed by atoms with Crippen molar-refractivity contribution in [1.29, 1.82) is 0 Å². The summed E-state index contributed by atoms with van der Waals surface area (Å²) >= 11 is 0. The van der Waals surface area contributed by atoms with Crippen molar-refractivity contribution in [2.75, 3.05) is 0 Å². The molecule has 1 fully saturated rings. The fraction of sp³-hybridized carbons (Fsp3) is 0.333. The Labute approximate surface area is 182 Å². The van der Waals surface area contributed by atoms with Gasteiger partial charge >= 0.3 is 12.1 Å². The second kappa shape index (κ2) is 7.13. The van der Waals surface area contributed by atoms with Gasteiger partial charge in [0.15, 0.2) is 5.75 Å². The SMILES string of the molecule is C[C@H]1NCc2cc(-c3ccc4c(=O)c(C(=O)O)cn(C5CC5)c4c3OC(C)(F)F)ccc21. The number of carboxylic acid groups (broad SMARTS) is 1. The summed E-state index contributed by atoms with van der Waals surface area (Å²) < 4.78 is 35.1. The molecular weight excluding hydrogens is 418 g/mol. The maximum Gasteiger partial charge on any atom is 0.395 e. The Morgan fingerprint density at radius 3 is 2.66 bits per heavy atom. The van der Waals surface area contributed by atoms with Crippen LogP contribution in [0.5, 0.6) is 5.75 Å². The second-order valence-corrected chi connectivity index (χ2v) is 8.58. The number of carbonyl (C=O) groups is 1. The molecule has 0 unspecified atom stereocenters. The monoisotopic (exact) mass is 440 g/mol. The third-order valence-electron chi connectivity index (χ3n) is 6.12. The highest BCUT2D eigenvalue weighted by molar-refractivity contribution is 5.97.